The molecule has 0 atom stereocenters. The average Bonchev–Trinajstić information content (AvgIpc) is 2.24. The van der Waals surface area contributed by atoms with Gasteiger partial charge in [0, 0.05) is 18.3 Å². The lowest BCUT2D eigenvalue weighted by molar-refractivity contribution is -0.104. The van der Waals surface area contributed by atoms with Crippen LogP contribution in [0.5, 0.6) is 0 Å². The molecule has 0 aliphatic rings. The zero-order chi connectivity index (χ0) is 11.7. The van der Waals surface area contributed by atoms with Crippen LogP contribution >= 0.6 is 0 Å². The Balaban J connectivity index is 0.000000921. The third-order valence-corrected chi connectivity index (χ3v) is 1.85. The molecular weight excluding hydrogens is 190 g/mol. The Labute approximate surface area is 89.8 Å². The molecule has 0 unspecified atom stereocenters. The summed E-state index contributed by atoms with van der Waals surface area (Å²) in [4.78, 5) is 22.3. The van der Waals surface area contributed by atoms with Crippen LogP contribution in [0.2, 0.25) is 0 Å². The molecule has 1 aromatic rings. The van der Waals surface area contributed by atoms with Crippen LogP contribution in [0, 0.1) is 13.8 Å². The number of hydrogen-bond donors (Lipinski definition) is 0. The van der Waals surface area contributed by atoms with Gasteiger partial charge in [-0.25, -0.2) is 0 Å². The van der Waals surface area contributed by atoms with E-state index in [1.807, 2.05) is 32.9 Å². The van der Waals surface area contributed by atoms with Crippen LogP contribution in [0.4, 0.5) is 0 Å². The van der Waals surface area contributed by atoms with Crippen molar-refractivity contribution in [3.05, 3.63) is 41.2 Å². The molecule has 3 heteroatoms. The van der Waals surface area contributed by atoms with E-state index in [0.717, 1.165) is 18.4 Å². The summed E-state index contributed by atoms with van der Waals surface area (Å²) < 4.78 is 0. The second-order valence-corrected chi connectivity index (χ2v) is 3.04. The van der Waals surface area contributed by atoms with Crippen LogP contribution in [0.15, 0.2) is 24.4 Å². The third-order valence-electron chi connectivity index (χ3n) is 1.85. The van der Waals surface area contributed by atoms with E-state index in [1.165, 1.54) is 17.2 Å². The van der Waals surface area contributed by atoms with Crippen molar-refractivity contribution in [1.29, 1.82) is 0 Å². The second kappa shape index (κ2) is 7.62. The molecule has 1 aromatic heterocycles. The quantitative estimate of drug-likeness (QED) is 0.558. The van der Waals surface area contributed by atoms with Gasteiger partial charge in [0.1, 0.15) is 13.1 Å². The molecule has 0 saturated heterocycles. The van der Waals surface area contributed by atoms with Crippen molar-refractivity contribution in [2.45, 2.75) is 20.3 Å². The number of rotatable bonds is 3. The van der Waals surface area contributed by atoms with E-state index < -0.39 is 0 Å². The standard InChI is InChI=1S/C11H13NO.CH2O/c1-9-7-10(2)11(12-8-9)5-3-4-6-13;1-2/h3-4,6-8H,5H2,1-2H3;1H2. The van der Waals surface area contributed by atoms with Crippen LogP contribution in [0.25, 0.3) is 0 Å². The summed E-state index contributed by atoms with van der Waals surface area (Å²) in [5.41, 5.74) is 3.37. The summed E-state index contributed by atoms with van der Waals surface area (Å²) in [7, 11) is 0. The highest BCUT2D eigenvalue weighted by Gasteiger charge is 1.96. The number of nitrogens with zero attached hydrogens (tertiary/aromatic N) is 1. The fourth-order valence-electron chi connectivity index (χ4n) is 1.19. The molecule has 0 amide bonds. The monoisotopic (exact) mass is 205 g/mol. The number of hydrogen-bond acceptors (Lipinski definition) is 3. The molecule has 3 nitrogen and oxygen atoms in total. The van der Waals surface area contributed by atoms with E-state index in [9.17, 15) is 4.79 Å². The zero-order valence-electron chi connectivity index (χ0n) is 9.06. The van der Waals surface area contributed by atoms with Gasteiger partial charge in [0.2, 0.25) is 0 Å². The van der Waals surface area contributed by atoms with E-state index >= 15 is 0 Å². The summed E-state index contributed by atoms with van der Waals surface area (Å²) in [6.45, 7) is 6.05. The van der Waals surface area contributed by atoms with E-state index in [0.29, 0.717) is 0 Å². The molecule has 0 aliphatic carbocycles. The van der Waals surface area contributed by atoms with Gasteiger partial charge in [-0.3, -0.25) is 9.78 Å². The van der Waals surface area contributed by atoms with Crippen molar-refractivity contribution >= 4 is 13.1 Å². The van der Waals surface area contributed by atoms with Crippen LogP contribution in [-0.4, -0.2) is 18.1 Å². The molecule has 0 saturated carbocycles. The number of aromatic nitrogens is 1. The minimum atomic E-state index is 0.727. The Kier molecular flexibility index (Phi) is 6.72. The highest BCUT2D eigenvalue weighted by molar-refractivity contribution is 5.64. The molecule has 0 N–H and O–H groups in total. The number of carbonyl (C=O) groups excluding carboxylic acids is 2. The van der Waals surface area contributed by atoms with Crippen LogP contribution in [0.3, 0.4) is 0 Å². The molecule has 0 aromatic carbocycles. The summed E-state index contributed by atoms with van der Waals surface area (Å²) in [5, 5.41) is 0. The first-order valence-corrected chi connectivity index (χ1v) is 4.55. The summed E-state index contributed by atoms with van der Waals surface area (Å²) in [5.74, 6) is 0. The average molecular weight is 205 g/mol. The lowest BCUT2D eigenvalue weighted by Gasteiger charge is -2.01. The van der Waals surface area contributed by atoms with E-state index in [2.05, 4.69) is 11.1 Å². The molecule has 0 fully saturated rings. The summed E-state index contributed by atoms with van der Waals surface area (Å²) in [6, 6.07) is 2.09. The predicted octanol–water partition coefficient (Wildman–Crippen LogP) is 1.81. The van der Waals surface area contributed by atoms with E-state index in [-0.39, 0.29) is 0 Å². The van der Waals surface area contributed by atoms with Gasteiger partial charge in [-0.05, 0) is 31.1 Å². The van der Waals surface area contributed by atoms with Gasteiger partial charge in [-0.2, -0.15) is 0 Å². The molecule has 15 heavy (non-hydrogen) atoms. The molecule has 0 aliphatic heterocycles. The normalized spacial score (nSPS) is 9.47. The number of pyridine rings is 1. The van der Waals surface area contributed by atoms with Crippen LogP contribution in [-0.2, 0) is 16.0 Å². The smallest absolute Gasteiger partial charge is 0.142 e. The molecule has 1 heterocycles. The van der Waals surface area contributed by atoms with Crippen molar-refractivity contribution in [2.75, 3.05) is 0 Å². The Bertz CT molecular complexity index is 345. The Morgan fingerprint density at radius 1 is 1.40 bits per heavy atom. The molecule has 1 rings (SSSR count). The fraction of sp³-hybridized carbons (Fsp3) is 0.250. The Morgan fingerprint density at radius 2 is 2.07 bits per heavy atom. The molecule has 80 valence electrons. The van der Waals surface area contributed by atoms with Crippen LogP contribution < -0.4 is 0 Å². The Morgan fingerprint density at radius 3 is 2.60 bits per heavy atom. The minimum absolute atomic E-state index is 0.727. The number of aldehydes is 1. The number of carbonyl (C=O) groups is 2. The zero-order valence-corrected chi connectivity index (χ0v) is 9.06. The number of allylic oxidation sites excluding steroid dienone is 2. The molecule has 0 bridgehead atoms. The van der Waals surface area contributed by atoms with Gasteiger partial charge >= 0.3 is 0 Å². The third kappa shape index (κ3) is 4.86. The first kappa shape index (κ1) is 13.2. The van der Waals surface area contributed by atoms with Crippen molar-refractivity contribution in [2.24, 2.45) is 0 Å². The van der Waals surface area contributed by atoms with E-state index in [4.69, 9.17) is 4.79 Å². The maximum atomic E-state index is 10.0. The lowest BCUT2D eigenvalue weighted by Crippen LogP contribution is -1.92. The first-order valence-electron chi connectivity index (χ1n) is 4.55. The molecule has 0 spiro atoms. The van der Waals surface area contributed by atoms with Crippen molar-refractivity contribution in [1.82, 2.24) is 4.98 Å². The summed E-state index contributed by atoms with van der Waals surface area (Å²) in [6.07, 6.45) is 6.67. The predicted molar refractivity (Wildman–Crippen MR) is 59.7 cm³/mol. The van der Waals surface area contributed by atoms with Gasteiger partial charge in [0.15, 0.2) is 0 Å². The van der Waals surface area contributed by atoms with Crippen molar-refractivity contribution in [3.63, 3.8) is 0 Å². The van der Waals surface area contributed by atoms with Crippen molar-refractivity contribution in [3.8, 4) is 0 Å². The maximum Gasteiger partial charge on any atom is 0.142 e. The van der Waals surface area contributed by atoms with Gasteiger partial charge < -0.3 is 4.79 Å². The lowest BCUT2D eigenvalue weighted by atomic mass is 10.1. The van der Waals surface area contributed by atoms with Gasteiger partial charge in [0.05, 0.1) is 0 Å². The number of aryl methyl sites for hydroxylation is 2. The van der Waals surface area contributed by atoms with E-state index in [1.54, 1.807) is 0 Å². The molecular formula is C12H15NO2. The summed E-state index contributed by atoms with van der Waals surface area (Å²) >= 11 is 0. The highest BCUT2D eigenvalue weighted by atomic mass is 16.1. The van der Waals surface area contributed by atoms with Gasteiger partial charge in [-0.1, -0.05) is 12.1 Å². The Hall–Kier alpha value is -1.77. The first-order chi connectivity index (χ1) is 7.24. The second-order valence-electron chi connectivity index (χ2n) is 3.04. The maximum absolute atomic E-state index is 10.0. The SMILES string of the molecule is C=O.Cc1cnc(CC=CC=O)c(C)c1. The van der Waals surface area contributed by atoms with Crippen molar-refractivity contribution < 1.29 is 9.59 Å². The fourth-order valence-corrected chi connectivity index (χ4v) is 1.19. The van der Waals surface area contributed by atoms with Gasteiger partial charge in [0.25, 0.3) is 0 Å². The topological polar surface area (TPSA) is 47.0 Å². The minimum Gasteiger partial charge on any atom is -0.307 e. The molecule has 0 radical (unpaired) electrons. The van der Waals surface area contributed by atoms with Gasteiger partial charge in [-0.15, -0.1) is 0 Å². The van der Waals surface area contributed by atoms with Crippen LogP contribution in [0.1, 0.15) is 16.8 Å². The highest BCUT2D eigenvalue weighted by Crippen LogP contribution is 2.07. The largest absolute Gasteiger partial charge is 0.307 e.